The van der Waals surface area contributed by atoms with Crippen LogP contribution in [-0.4, -0.2) is 51.4 Å². The number of anilines is 1. The summed E-state index contributed by atoms with van der Waals surface area (Å²) in [5.41, 5.74) is 1.29. The van der Waals surface area contributed by atoms with Crippen molar-refractivity contribution in [1.82, 2.24) is 9.62 Å². The van der Waals surface area contributed by atoms with E-state index in [0.717, 1.165) is 68.6 Å². The summed E-state index contributed by atoms with van der Waals surface area (Å²) in [5, 5.41) is 3.45. The Hall–Kier alpha value is -1.60. The van der Waals surface area contributed by atoms with Gasteiger partial charge in [0.25, 0.3) is 5.91 Å². The minimum absolute atomic E-state index is 0.0958. The molecule has 1 saturated heterocycles. The smallest absolute Gasteiger partial charge is 0.253 e. The number of sulfonamides is 1. The number of hydrogen-bond donors (Lipinski definition) is 1. The fourth-order valence-electron chi connectivity index (χ4n) is 7.05. The van der Waals surface area contributed by atoms with Gasteiger partial charge in [0.1, 0.15) is 0 Å². The molecule has 4 saturated carbocycles. The molecular weight excluding hydrogens is 410 g/mol. The summed E-state index contributed by atoms with van der Waals surface area (Å²) in [6.07, 6.45) is 10.6. The van der Waals surface area contributed by atoms with Crippen LogP contribution in [0.5, 0.6) is 0 Å². The summed E-state index contributed by atoms with van der Waals surface area (Å²) >= 11 is 0. The Labute approximate surface area is 186 Å². The number of benzene rings is 1. The van der Waals surface area contributed by atoms with Gasteiger partial charge in [-0.1, -0.05) is 0 Å². The highest BCUT2D eigenvalue weighted by Gasteiger charge is 2.51. The molecular formula is C24H35N3O3S. The lowest BCUT2D eigenvalue weighted by molar-refractivity contribution is -0.0166. The van der Waals surface area contributed by atoms with Crippen LogP contribution in [0.2, 0.25) is 0 Å². The number of nitrogens with zero attached hydrogens (tertiary/aromatic N) is 2. The molecule has 0 spiro atoms. The number of amides is 1. The van der Waals surface area contributed by atoms with Crippen LogP contribution in [0.4, 0.5) is 5.69 Å². The molecule has 7 heteroatoms. The second kappa shape index (κ2) is 7.77. The van der Waals surface area contributed by atoms with Crippen molar-refractivity contribution in [1.29, 1.82) is 0 Å². The molecule has 6 rings (SSSR count). The average Bonchev–Trinajstić information content (AvgIpc) is 2.72. The van der Waals surface area contributed by atoms with Crippen molar-refractivity contribution in [2.24, 2.45) is 17.8 Å². The van der Waals surface area contributed by atoms with Crippen molar-refractivity contribution in [3.05, 3.63) is 23.8 Å². The molecule has 1 amide bonds. The lowest BCUT2D eigenvalue weighted by atomic mass is 9.53. The topological polar surface area (TPSA) is 69.7 Å². The first-order chi connectivity index (χ1) is 14.8. The summed E-state index contributed by atoms with van der Waals surface area (Å²) in [5.74, 6) is 2.13. The molecule has 0 unspecified atom stereocenters. The lowest BCUT2D eigenvalue weighted by Gasteiger charge is -2.57. The predicted molar refractivity (Wildman–Crippen MR) is 122 cm³/mol. The Balaban J connectivity index is 1.49. The molecule has 6 nitrogen and oxygen atoms in total. The van der Waals surface area contributed by atoms with Crippen molar-refractivity contribution in [2.75, 3.05) is 32.1 Å². The molecule has 0 aromatic heterocycles. The van der Waals surface area contributed by atoms with E-state index in [1.54, 1.807) is 12.1 Å². The normalized spacial score (nSPS) is 32.5. The van der Waals surface area contributed by atoms with Crippen LogP contribution in [0.3, 0.4) is 0 Å². The maximum absolute atomic E-state index is 13.7. The van der Waals surface area contributed by atoms with E-state index in [4.69, 9.17) is 0 Å². The second-order valence-electron chi connectivity index (χ2n) is 10.7. The van der Waals surface area contributed by atoms with Crippen LogP contribution in [0.1, 0.15) is 68.1 Å². The third kappa shape index (κ3) is 3.88. The summed E-state index contributed by atoms with van der Waals surface area (Å²) in [6, 6.07) is 5.10. The second-order valence-corrected chi connectivity index (χ2v) is 12.8. The molecule has 1 aromatic carbocycles. The Morgan fingerprint density at radius 3 is 2.13 bits per heavy atom. The molecule has 0 radical (unpaired) electrons. The summed E-state index contributed by atoms with van der Waals surface area (Å²) in [6.45, 7) is 1.83. The fourth-order valence-corrected chi connectivity index (χ4v) is 7.98. The van der Waals surface area contributed by atoms with Crippen molar-refractivity contribution in [2.45, 2.75) is 68.2 Å². The predicted octanol–water partition coefficient (Wildman–Crippen LogP) is 3.63. The van der Waals surface area contributed by atoms with Crippen LogP contribution >= 0.6 is 0 Å². The third-order valence-corrected chi connectivity index (χ3v) is 9.92. The largest absolute Gasteiger partial charge is 0.371 e. The van der Waals surface area contributed by atoms with Gasteiger partial charge >= 0.3 is 0 Å². The molecule has 1 aromatic rings. The van der Waals surface area contributed by atoms with Gasteiger partial charge in [-0.3, -0.25) is 4.79 Å². The zero-order valence-electron chi connectivity index (χ0n) is 18.8. The SMILES string of the molecule is CN(C)S(=O)(=O)c1ccc(N2CCCCC2)c(C(=O)NC23CC4CC(CC(C4)C2)C3)c1. The van der Waals surface area contributed by atoms with Crippen molar-refractivity contribution < 1.29 is 13.2 Å². The molecule has 5 fully saturated rings. The molecule has 31 heavy (non-hydrogen) atoms. The lowest BCUT2D eigenvalue weighted by Crippen LogP contribution is -2.59. The highest BCUT2D eigenvalue weighted by molar-refractivity contribution is 7.89. The molecule has 1 aliphatic heterocycles. The van der Waals surface area contributed by atoms with Gasteiger partial charge in [-0.05, 0) is 93.7 Å². The van der Waals surface area contributed by atoms with Crippen molar-refractivity contribution >= 4 is 21.6 Å². The first-order valence-electron chi connectivity index (χ1n) is 11.9. The van der Waals surface area contributed by atoms with Gasteiger partial charge in [-0.2, -0.15) is 0 Å². The summed E-state index contributed by atoms with van der Waals surface area (Å²) in [4.78, 5) is 16.1. The number of carbonyl (C=O) groups excluding carboxylic acids is 1. The van der Waals surface area contributed by atoms with Gasteiger partial charge in [0.05, 0.1) is 10.5 Å². The van der Waals surface area contributed by atoms with E-state index >= 15 is 0 Å². The highest BCUT2D eigenvalue weighted by atomic mass is 32.2. The Morgan fingerprint density at radius 1 is 1.00 bits per heavy atom. The van der Waals surface area contributed by atoms with Gasteiger partial charge in [-0.15, -0.1) is 0 Å². The van der Waals surface area contributed by atoms with Crippen LogP contribution in [0, 0.1) is 17.8 Å². The number of nitrogens with one attached hydrogen (secondary N) is 1. The van der Waals surface area contributed by atoms with E-state index in [9.17, 15) is 13.2 Å². The molecule has 170 valence electrons. The van der Waals surface area contributed by atoms with E-state index in [-0.39, 0.29) is 16.3 Å². The van der Waals surface area contributed by atoms with Crippen LogP contribution in [-0.2, 0) is 10.0 Å². The minimum Gasteiger partial charge on any atom is -0.371 e. The number of piperidine rings is 1. The Kier molecular flexibility index (Phi) is 5.32. The summed E-state index contributed by atoms with van der Waals surface area (Å²) < 4.78 is 26.8. The molecule has 1 N–H and O–H groups in total. The first kappa shape index (κ1) is 21.3. The highest BCUT2D eigenvalue weighted by Crippen LogP contribution is 2.55. The monoisotopic (exact) mass is 445 g/mol. The number of carbonyl (C=O) groups is 1. The van der Waals surface area contributed by atoms with Crippen molar-refractivity contribution in [3.8, 4) is 0 Å². The van der Waals surface area contributed by atoms with Crippen molar-refractivity contribution in [3.63, 3.8) is 0 Å². The average molecular weight is 446 g/mol. The first-order valence-corrected chi connectivity index (χ1v) is 13.3. The minimum atomic E-state index is -3.60. The number of hydrogen-bond acceptors (Lipinski definition) is 4. The molecule has 1 heterocycles. The number of rotatable bonds is 5. The van der Waals surface area contributed by atoms with E-state index < -0.39 is 10.0 Å². The fraction of sp³-hybridized carbons (Fsp3) is 0.708. The Bertz CT molecular complexity index is 931. The van der Waals surface area contributed by atoms with Gasteiger partial charge in [0.2, 0.25) is 10.0 Å². The van der Waals surface area contributed by atoms with E-state index in [1.165, 1.54) is 44.1 Å². The zero-order chi connectivity index (χ0) is 21.8. The van der Waals surface area contributed by atoms with Gasteiger partial charge in [0.15, 0.2) is 0 Å². The third-order valence-electron chi connectivity index (χ3n) is 8.10. The molecule has 0 atom stereocenters. The van der Waals surface area contributed by atoms with Gasteiger partial charge in [0, 0.05) is 38.4 Å². The van der Waals surface area contributed by atoms with Crippen LogP contribution in [0.15, 0.2) is 23.1 Å². The molecule has 4 bridgehead atoms. The van der Waals surface area contributed by atoms with E-state index in [1.807, 2.05) is 6.07 Å². The quantitative estimate of drug-likeness (QED) is 0.751. The van der Waals surface area contributed by atoms with Crippen LogP contribution < -0.4 is 10.2 Å². The van der Waals surface area contributed by atoms with E-state index in [0.29, 0.717) is 5.56 Å². The Morgan fingerprint density at radius 2 is 1.58 bits per heavy atom. The van der Waals surface area contributed by atoms with Crippen LogP contribution in [0.25, 0.3) is 0 Å². The van der Waals surface area contributed by atoms with Gasteiger partial charge < -0.3 is 10.2 Å². The maximum atomic E-state index is 13.7. The molecule has 4 aliphatic carbocycles. The standard InChI is InChI=1S/C24H35N3O3S/c1-26(2)31(29,30)20-6-7-22(27-8-4-3-5-9-27)21(13-20)23(28)25-24-14-17-10-18(15-24)12-19(11-17)16-24/h6-7,13,17-19H,3-5,8-12,14-16H2,1-2H3,(H,25,28). The summed E-state index contributed by atoms with van der Waals surface area (Å²) in [7, 11) is -0.537. The molecule has 5 aliphatic rings. The maximum Gasteiger partial charge on any atom is 0.253 e. The van der Waals surface area contributed by atoms with E-state index in [2.05, 4.69) is 10.2 Å². The van der Waals surface area contributed by atoms with Gasteiger partial charge in [-0.25, -0.2) is 12.7 Å². The zero-order valence-corrected chi connectivity index (χ0v) is 19.6.